The standard InChI is InChI=1S/C21H16N2O3/c24-15-9-10-16-17(11-14-7-4-8-18(22-14)21(25)26)20(23-19(16)12-15)13-5-2-1-3-6-13/h1-10,12,23-24H,11H2,(H,25,26). The molecule has 0 saturated carbocycles. The molecule has 0 saturated heterocycles. The highest BCUT2D eigenvalue weighted by Gasteiger charge is 2.15. The fraction of sp³-hybridized carbons (Fsp3) is 0.0476. The summed E-state index contributed by atoms with van der Waals surface area (Å²) in [5.41, 5.74) is 4.51. The Morgan fingerprint density at radius 1 is 1.00 bits per heavy atom. The van der Waals surface area contributed by atoms with Gasteiger partial charge in [-0.2, -0.15) is 0 Å². The van der Waals surface area contributed by atoms with Crippen LogP contribution in [-0.2, 0) is 6.42 Å². The zero-order valence-electron chi connectivity index (χ0n) is 13.8. The first-order valence-corrected chi connectivity index (χ1v) is 8.20. The number of aromatic hydroxyl groups is 1. The molecular formula is C21H16N2O3. The molecule has 3 N–H and O–H groups in total. The van der Waals surface area contributed by atoms with Crippen molar-refractivity contribution in [3.63, 3.8) is 0 Å². The number of phenolic OH excluding ortho intramolecular Hbond substituents is 1. The Morgan fingerprint density at radius 3 is 2.58 bits per heavy atom. The second kappa shape index (κ2) is 6.37. The van der Waals surface area contributed by atoms with Crippen LogP contribution in [0.25, 0.3) is 22.2 Å². The van der Waals surface area contributed by atoms with E-state index >= 15 is 0 Å². The number of phenols is 1. The molecule has 0 radical (unpaired) electrons. The number of benzene rings is 2. The van der Waals surface area contributed by atoms with Gasteiger partial charge in [0.25, 0.3) is 0 Å². The first kappa shape index (κ1) is 15.9. The Hall–Kier alpha value is -3.60. The van der Waals surface area contributed by atoms with Gasteiger partial charge in [-0.15, -0.1) is 0 Å². The molecule has 2 heterocycles. The molecule has 0 aliphatic rings. The predicted molar refractivity (Wildman–Crippen MR) is 99.4 cm³/mol. The van der Waals surface area contributed by atoms with Crippen LogP contribution >= 0.6 is 0 Å². The van der Waals surface area contributed by atoms with Gasteiger partial charge in [-0.3, -0.25) is 0 Å². The third-order valence-corrected chi connectivity index (χ3v) is 4.34. The molecule has 0 aliphatic carbocycles. The van der Waals surface area contributed by atoms with Crippen molar-refractivity contribution in [1.82, 2.24) is 9.97 Å². The number of carboxylic acids is 1. The summed E-state index contributed by atoms with van der Waals surface area (Å²) in [6, 6.07) is 20.1. The number of pyridine rings is 1. The van der Waals surface area contributed by atoms with E-state index in [1.807, 2.05) is 42.5 Å². The number of aromatic amines is 1. The summed E-state index contributed by atoms with van der Waals surface area (Å²) in [6.45, 7) is 0. The van der Waals surface area contributed by atoms with Crippen LogP contribution in [0.5, 0.6) is 5.75 Å². The van der Waals surface area contributed by atoms with Crippen LogP contribution in [-0.4, -0.2) is 26.2 Å². The molecule has 0 unspecified atom stereocenters. The van der Waals surface area contributed by atoms with Crippen LogP contribution in [0.1, 0.15) is 21.7 Å². The fourth-order valence-corrected chi connectivity index (χ4v) is 3.16. The van der Waals surface area contributed by atoms with Crippen molar-refractivity contribution in [2.75, 3.05) is 0 Å². The quantitative estimate of drug-likeness (QED) is 0.517. The molecule has 0 atom stereocenters. The number of nitrogens with one attached hydrogen (secondary N) is 1. The van der Waals surface area contributed by atoms with Gasteiger partial charge in [-0.1, -0.05) is 36.4 Å². The number of hydrogen-bond acceptors (Lipinski definition) is 3. The van der Waals surface area contributed by atoms with Gasteiger partial charge in [-0.05, 0) is 35.4 Å². The summed E-state index contributed by atoms with van der Waals surface area (Å²) < 4.78 is 0. The van der Waals surface area contributed by atoms with Gasteiger partial charge in [-0.25, -0.2) is 9.78 Å². The second-order valence-corrected chi connectivity index (χ2v) is 6.07. The molecule has 0 aliphatic heterocycles. The van der Waals surface area contributed by atoms with Gasteiger partial charge in [0.2, 0.25) is 0 Å². The number of fused-ring (bicyclic) bond motifs is 1. The van der Waals surface area contributed by atoms with Crippen molar-refractivity contribution < 1.29 is 15.0 Å². The van der Waals surface area contributed by atoms with Gasteiger partial charge < -0.3 is 15.2 Å². The lowest BCUT2D eigenvalue weighted by Crippen LogP contribution is -2.03. The molecule has 26 heavy (non-hydrogen) atoms. The number of aromatic carboxylic acids is 1. The van der Waals surface area contributed by atoms with Gasteiger partial charge >= 0.3 is 5.97 Å². The molecule has 128 valence electrons. The van der Waals surface area contributed by atoms with E-state index in [-0.39, 0.29) is 11.4 Å². The first-order chi connectivity index (χ1) is 12.6. The lowest BCUT2D eigenvalue weighted by molar-refractivity contribution is 0.0690. The molecule has 4 aromatic rings. The van der Waals surface area contributed by atoms with Crippen molar-refractivity contribution in [2.45, 2.75) is 6.42 Å². The molecule has 2 aromatic carbocycles. The SMILES string of the molecule is O=C(O)c1cccc(Cc2c(-c3ccccc3)[nH]c3cc(O)ccc23)n1. The number of rotatable bonds is 4. The van der Waals surface area contributed by atoms with Gasteiger partial charge in [0.05, 0.1) is 5.69 Å². The molecule has 5 heteroatoms. The third-order valence-electron chi connectivity index (χ3n) is 4.34. The molecule has 5 nitrogen and oxygen atoms in total. The van der Waals surface area contributed by atoms with Crippen molar-refractivity contribution in [3.05, 3.63) is 83.7 Å². The summed E-state index contributed by atoms with van der Waals surface area (Å²) in [4.78, 5) is 18.8. The average molecular weight is 344 g/mol. The molecule has 2 aromatic heterocycles. The molecule has 4 rings (SSSR count). The van der Waals surface area contributed by atoms with E-state index in [2.05, 4.69) is 9.97 Å². The summed E-state index contributed by atoms with van der Waals surface area (Å²) in [7, 11) is 0. The molecule has 0 amide bonds. The largest absolute Gasteiger partial charge is 0.508 e. The van der Waals surface area contributed by atoms with Crippen molar-refractivity contribution >= 4 is 16.9 Å². The van der Waals surface area contributed by atoms with Crippen LogP contribution in [0, 0.1) is 0 Å². The molecular weight excluding hydrogens is 328 g/mol. The topological polar surface area (TPSA) is 86.2 Å². The highest BCUT2D eigenvalue weighted by atomic mass is 16.4. The van der Waals surface area contributed by atoms with Crippen molar-refractivity contribution in [3.8, 4) is 17.0 Å². The lowest BCUT2D eigenvalue weighted by Gasteiger charge is -2.06. The zero-order valence-corrected chi connectivity index (χ0v) is 13.8. The van der Waals surface area contributed by atoms with Crippen LogP contribution in [0.4, 0.5) is 0 Å². The molecule has 0 spiro atoms. The monoisotopic (exact) mass is 344 g/mol. The predicted octanol–water partition coefficient (Wildman–Crippen LogP) is 4.22. The smallest absolute Gasteiger partial charge is 0.354 e. The molecule has 0 fully saturated rings. The fourth-order valence-electron chi connectivity index (χ4n) is 3.16. The van der Waals surface area contributed by atoms with E-state index < -0.39 is 5.97 Å². The second-order valence-electron chi connectivity index (χ2n) is 6.07. The first-order valence-electron chi connectivity index (χ1n) is 8.20. The number of carbonyl (C=O) groups is 1. The van der Waals surface area contributed by atoms with Gasteiger partial charge in [0.1, 0.15) is 11.4 Å². The summed E-state index contributed by atoms with van der Waals surface area (Å²) in [5.74, 6) is -0.852. The summed E-state index contributed by atoms with van der Waals surface area (Å²) in [6.07, 6.45) is 0.482. The zero-order chi connectivity index (χ0) is 18.1. The summed E-state index contributed by atoms with van der Waals surface area (Å²) in [5, 5.41) is 19.9. The van der Waals surface area contributed by atoms with E-state index in [4.69, 9.17) is 0 Å². The van der Waals surface area contributed by atoms with E-state index in [9.17, 15) is 15.0 Å². The van der Waals surface area contributed by atoms with E-state index in [1.165, 1.54) is 6.07 Å². The van der Waals surface area contributed by atoms with E-state index in [0.29, 0.717) is 12.1 Å². The minimum atomic E-state index is -1.04. The van der Waals surface area contributed by atoms with E-state index in [1.54, 1.807) is 18.2 Å². The van der Waals surface area contributed by atoms with Crippen LogP contribution in [0.3, 0.4) is 0 Å². The number of nitrogens with zero attached hydrogens (tertiary/aromatic N) is 1. The molecule has 0 bridgehead atoms. The maximum atomic E-state index is 11.2. The van der Waals surface area contributed by atoms with Gasteiger partial charge in [0.15, 0.2) is 0 Å². The van der Waals surface area contributed by atoms with Crippen LogP contribution in [0.15, 0.2) is 66.7 Å². The van der Waals surface area contributed by atoms with Crippen molar-refractivity contribution in [2.24, 2.45) is 0 Å². The maximum Gasteiger partial charge on any atom is 0.354 e. The normalized spacial score (nSPS) is 10.9. The summed E-state index contributed by atoms with van der Waals surface area (Å²) >= 11 is 0. The van der Waals surface area contributed by atoms with Gasteiger partial charge in [0, 0.05) is 29.1 Å². The Morgan fingerprint density at radius 2 is 1.81 bits per heavy atom. The Kier molecular flexibility index (Phi) is 3.89. The van der Waals surface area contributed by atoms with Crippen molar-refractivity contribution in [1.29, 1.82) is 0 Å². The average Bonchev–Trinajstić information content (AvgIpc) is 3.00. The minimum absolute atomic E-state index is 0.0289. The van der Waals surface area contributed by atoms with Crippen LogP contribution in [0.2, 0.25) is 0 Å². The number of carboxylic acid groups (broad SMARTS) is 1. The highest BCUT2D eigenvalue weighted by molar-refractivity contribution is 5.92. The Bertz CT molecular complexity index is 1100. The number of H-pyrrole nitrogens is 1. The Balaban J connectivity index is 1.87. The Labute approximate surface area is 149 Å². The van der Waals surface area contributed by atoms with E-state index in [0.717, 1.165) is 27.7 Å². The number of aromatic nitrogens is 2. The van der Waals surface area contributed by atoms with Crippen LogP contribution < -0.4 is 0 Å². The number of hydrogen-bond donors (Lipinski definition) is 3. The minimum Gasteiger partial charge on any atom is -0.508 e. The highest BCUT2D eigenvalue weighted by Crippen LogP contribution is 2.33. The maximum absolute atomic E-state index is 11.2. The lowest BCUT2D eigenvalue weighted by atomic mass is 10.0. The third kappa shape index (κ3) is 2.91.